The molecule has 6 nitrogen and oxygen atoms in total. The second-order valence-electron chi connectivity index (χ2n) is 11.6. The lowest BCUT2D eigenvalue weighted by Gasteiger charge is -2.49. The number of epoxide rings is 1. The fraction of sp³-hybridized carbons (Fsp3) is 0.741. The van der Waals surface area contributed by atoms with E-state index < -0.39 is 0 Å². The molecular formula is C27H38N2O4. The van der Waals surface area contributed by atoms with Gasteiger partial charge < -0.3 is 19.1 Å². The summed E-state index contributed by atoms with van der Waals surface area (Å²) in [5.74, 6) is 1.63. The molecule has 8 atom stereocenters. The minimum Gasteiger partial charge on any atom is -0.497 e. The number of hydrogen-bond acceptors (Lipinski definition) is 6. The van der Waals surface area contributed by atoms with Crippen molar-refractivity contribution in [2.75, 3.05) is 38.2 Å². The molecule has 5 aliphatic rings. The summed E-state index contributed by atoms with van der Waals surface area (Å²) < 4.78 is 18.1. The molecule has 0 amide bonds. The molecule has 6 heteroatoms. The normalized spacial score (nSPS) is 44.5. The van der Waals surface area contributed by atoms with Crippen LogP contribution in [0.4, 0.5) is 5.69 Å². The lowest BCUT2D eigenvalue weighted by Crippen LogP contribution is -2.56. The van der Waals surface area contributed by atoms with Gasteiger partial charge in [-0.25, -0.2) is 0 Å². The molecule has 180 valence electrons. The average Bonchev–Trinajstić information content (AvgIpc) is 3.48. The molecule has 0 unspecified atom stereocenters. The van der Waals surface area contributed by atoms with Crippen molar-refractivity contribution in [2.24, 2.45) is 23.2 Å². The van der Waals surface area contributed by atoms with Gasteiger partial charge in [0.2, 0.25) is 0 Å². The summed E-state index contributed by atoms with van der Waals surface area (Å²) in [6.45, 7) is 10.7. The molecular weight excluding hydrogens is 416 g/mol. The van der Waals surface area contributed by atoms with Crippen LogP contribution in [0.1, 0.15) is 46.5 Å². The largest absolute Gasteiger partial charge is 0.497 e. The highest BCUT2D eigenvalue weighted by Crippen LogP contribution is 2.70. The van der Waals surface area contributed by atoms with Crippen LogP contribution in [0.2, 0.25) is 0 Å². The maximum absolute atomic E-state index is 13.1. The van der Waals surface area contributed by atoms with Gasteiger partial charge >= 0.3 is 5.97 Å². The van der Waals surface area contributed by atoms with E-state index in [9.17, 15) is 4.79 Å². The van der Waals surface area contributed by atoms with E-state index in [-0.39, 0.29) is 41.0 Å². The molecule has 0 aromatic heterocycles. The van der Waals surface area contributed by atoms with Crippen molar-refractivity contribution in [3.63, 3.8) is 0 Å². The van der Waals surface area contributed by atoms with Crippen molar-refractivity contribution in [3.8, 4) is 5.75 Å². The molecule has 3 saturated heterocycles. The maximum atomic E-state index is 13.1. The first kappa shape index (κ1) is 21.7. The highest BCUT2D eigenvalue weighted by atomic mass is 16.6. The Hall–Kier alpha value is -1.79. The number of carbonyl (C=O) groups excluding carboxylic acids is 1. The van der Waals surface area contributed by atoms with Crippen LogP contribution in [0.3, 0.4) is 0 Å². The topological polar surface area (TPSA) is 54.5 Å². The molecule has 0 N–H and O–H groups in total. The number of piperazine rings is 1. The number of rotatable bonds is 4. The molecule has 33 heavy (non-hydrogen) atoms. The summed E-state index contributed by atoms with van der Waals surface area (Å²) in [5, 5.41) is 0. The minimum atomic E-state index is -0.0615. The second-order valence-corrected chi connectivity index (χ2v) is 11.6. The van der Waals surface area contributed by atoms with E-state index in [0.29, 0.717) is 12.0 Å². The fourth-order valence-electron chi connectivity index (χ4n) is 8.09. The third-order valence-electron chi connectivity index (χ3n) is 9.75. The van der Waals surface area contributed by atoms with Gasteiger partial charge in [0.25, 0.3) is 0 Å². The van der Waals surface area contributed by atoms with Gasteiger partial charge in [0.05, 0.1) is 19.1 Å². The smallest absolute Gasteiger partial charge is 0.311 e. The van der Waals surface area contributed by atoms with E-state index in [1.807, 2.05) is 6.07 Å². The predicted molar refractivity (Wildman–Crippen MR) is 126 cm³/mol. The van der Waals surface area contributed by atoms with E-state index in [1.54, 1.807) is 7.11 Å². The van der Waals surface area contributed by atoms with Crippen molar-refractivity contribution >= 4 is 11.7 Å². The molecule has 1 aromatic carbocycles. The summed E-state index contributed by atoms with van der Waals surface area (Å²) in [4.78, 5) is 18.0. The molecule has 2 aliphatic carbocycles. The van der Waals surface area contributed by atoms with Gasteiger partial charge in [-0.3, -0.25) is 9.69 Å². The quantitative estimate of drug-likeness (QED) is 0.510. The van der Waals surface area contributed by atoms with Crippen LogP contribution in [0.5, 0.6) is 5.75 Å². The molecule has 5 fully saturated rings. The molecule has 0 bridgehead atoms. The molecule has 6 rings (SSSR count). The van der Waals surface area contributed by atoms with Gasteiger partial charge in [0.15, 0.2) is 0 Å². The summed E-state index contributed by atoms with van der Waals surface area (Å²) in [6, 6.07) is 8.68. The van der Waals surface area contributed by atoms with Crippen LogP contribution in [0, 0.1) is 23.2 Å². The van der Waals surface area contributed by atoms with Gasteiger partial charge in [0, 0.05) is 55.3 Å². The van der Waals surface area contributed by atoms with E-state index in [4.69, 9.17) is 14.2 Å². The minimum absolute atomic E-state index is 0.00780. The number of benzene rings is 1. The summed E-state index contributed by atoms with van der Waals surface area (Å²) in [6.07, 6.45) is 4.91. The zero-order valence-electron chi connectivity index (χ0n) is 20.5. The predicted octanol–water partition coefficient (Wildman–Crippen LogP) is 3.73. The zero-order valence-corrected chi connectivity index (χ0v) is 20.5. The van der Waals surface area contributed by atoms with Crippen LogP contribution in [0.15, 0.2) is 24.3 Å². The van der Waals surface area contributed by atoms with Crippen molar-refractivity contribution in [1.82, 2.24) is 4.90 Å². The first-order valence-corrected chi connectivity index (χ1v) is 12.9. The highest BCUT2D eigenvalue weighted by molar-refractivity contribution is 5.76. The number of ether oxygens (including phenoxy) is 3. The second kappa shape index (κ2) is 7.61. The Morgan fingerprint density at radius 2 is 2.09 bits per heavy atom. The summed E-state index contributed by atoms with van der Waals surface area (Å²) >= 11 is 0. The van der Waals surface area contributed by atoms with E-state index >= 15 is 0 Å². The number of anilines is 1. The van der Waals surface area contributed by atoms with Gasteiger partial charge in [-0.05, 0) is 44.2 Å². The van der Waals surface area contributed by atoms with Crippen molar-refractivity contribution in [2.45, 2.75) is 70.3 Å². The number of fused-ring (bicyclic) bond motifs is 2. The van der Waals surface area contributed by atoms with E-state index in [0.717, 1.165) is 38.3 Å². The van der Waals surface area contributed by atoms with Crippen molar-refractivity contribution in [3.05, 3.63) is 24.3 Å². The highest BCUT2D eigenvalue weighted by Gasteiger charge is 2.78. The number of nitrogens with zero attached hydrogens (tertiary/aromatic N) is 2. The monoisotopic (exact) mass is 454 g/mol. The first-order chi connectivity index (χ1) is 15.9. The van der Waals surface area contributed by atoms with Crippen LogP contribution in [-0.2, 0) is 14.3 Å². The van der Waals surface area contributed by atoms with Gasteiger partial charge in [-0.2, -0.15) is 0 Å². The third kappa shape index (κ3) is 3.16. The Kier molecular flexibility index (Phi) is 5.01. The number of hydrogen-bond donors (Lipinski definition) is 0. The molecule has 1 spiro atoms. The van der Waals surface area contributed by atoms with Crippen molar-refractivity contribution < 1.29 is 19.0 Å². The van der Waals surface area contributed by atoms with Gasteiger partial charge in [-0.15, -0.1) is 0 Å². The van der Waals surface area contributed by atoms with E-state index in [2.05, 4.69) is 48.8 Å². The van der Waals surface area contributed by atoms with Gasteiger partial charge in [-0.1, -0.05) is 26.3 Å². The Morgan fingerprint density at radius 3 is 2.88 bits per heavy atom. The molecule has 3 heterocycles. The molecule has 0 radical (unpaired) electrons. The Morgan fingerprint density at radius 1 is 1.24 bits per heavy atom. The zero-order chi connectivity index (χ0) is 23.0. The maximum Gasteiger partial charge on any atom is 0.311 e. The number of methoxy groups -OCH3 is 1. The Bertz CT molecular complexity index is 938. The standard InChI is InChI=1S/C27H38N2O4/c1-17-7-6-10-26(3)14-22-23(24-27(17,26)33-24)21(25(30)32-22)16-28-11-12-29(18(2)15-28)19-8-5-9-20(13-19)31-4/h5,8-9,13,17-18,21-24H,6-7,10-12,14-16H2,1-4H3/t17-,18+,21+,22+,23+,24+,26+,27-/m0/s1. The SMILES string of the molecule is COc1cccc(N2CCN(C[C@H]3C(=O)O[C@@H]4C[C@@]5(C)CCC[C@H](C)[C@@]56O[C@@H]6[C@@H]43)C[C@H]2C)c1. The molecule has 1 aromatic rings. The Labute approximate surface area is 197 Å². The van der Waals surface area contributed by atoms with Crippen molar-refractivity contribution in [1.29, 1.82) is 0 Å². The third-order valence-corrected chi connectivity index (χ3v) is 9.75. The van der Waals surface area contributed by atoms with Gasteiger partial charge in [0.1, 0.15) is 17.5 Å². The summed E-state index contributed by atoms with van der Waals surface area (Å²) in [5.41, 5.74) is 1.34. The number of esters is 1. The number of carbonyl (C=O) groups is 1. The average molecular weight is 455 g/mol. The van der Waals surface area contributed by atoms with Crippen LogP contribution in [-0.4, -0.2) is 68.0 Å². The summed E-state index contributed by atoms with van der Waals surface area (Å²) in [7, 11) is 1.71. The van der Waals surface area contributed by atoms with E-state index in [1.165, 1.54) is 24.9 Å². The van der Waals surface area contributed by atoms with Crippen LogP contribution in [0.25, 0.3) is 0 Å². The fourth-order valence-corrected chi connectivity index (χ4v) is 8.09. The Balaban J connectivity index is 1.15. The first-order valence-electron chi connectivity index (χ1n) is 12.9. The lowest BCUT2D eigenvalue weighted by molar-refractivity contribution is -0.146. The van der Waals surface area contributed by atoms with Crippen LogP contribution >= 0.6 is 0 Å². The molecule has 2 saturated carbocycles. The molecule has 3 aliphatic heterocycles. The van der Waals surface area contributed by atoms with Crippen LogP contribution < -0.4 is 9.64 Å². The lowest BCUT2D eigenvalue weighted by atomic mass is 9.53.